The molecule has 8 nitrogen and oxygen atoms in total. The molecule has 2 aliphatic rings. The van der Waals surface area contributed by atoms with Gasteiger partial charge in [-0.1, -0.05) is 11.8 Å². The Bertz CT molecular complexity index is 769. The fraction of sp³-hybridized carbons (Fsp3) is 0.579. The van der Waals surface area contributed by atoms with Crippen molar-refractivity contribution in [2.24, 2.45) is 0 Å². The van der Waals surface area contributed by atoms with E-state index in [9.17, 15) is 4.79 Å². The van der Waals surface area contributed by atoms with Crippen LogP contribution < -0.4 is 10.2 Å². The molecule has 2 fully saturated rings. The normalized spacial score (nSPS) is 19.7. The van der Waals surface area contributed by atoms with Crippen LogP contribution in [0.15, 0.2) is 29.4 Å². The summed E-state index contributed by atoms with van der Waals surface area (Å²) in [4.78, 5) is 14.7. The molecule has 1 unspecified atom stereocenters. The van der Waals surface area contributed by atoms with E-state index in [1.807, 2.05) is 12.1 Å². The van der Waals surface area contributed by atoms with Crippen molar-refractivity contribution in [3.05, 3.63) is 24.3 Å². The highest BCUT2D eigenvalue weighted by Gasteiger charge is 2.19. The Balaban J connectivity index is 1.26. The molecule has 0 saturated carbocycles. The number of amides is 1. The quantitative estimate of drug-likeness (QED) is 0.713. The lowest BCUT2D eigenvalue weighted by molar-refractivity contribution is -0.113. The van der Waals surface area contributed by atoms with Crippen molar-refractivity contribution >= 4 is 29.0 Å². The molecule has 9 heteroatoms. The highest BCUT2D eigenvalue weighted by Crippen LogP contribution is 2.22. The van der Waals surface area contributed by atoms with Crippen LogP contribution in [0.2, 0.25) is 0 Å². The Morgan fingerprint density at radius 1 is 1.18 bits per heavy atom. The summed E-state index contributed by atoms with van der Waals surface area (Å²) in [6.07, 6.45) is 6.09. The van der Waals surface area contributed by atoms with Crippen LogP contribution in [0.4, 0.5) is 11.4 Å². The first-order chi connectivity index (χ1) is 13.8. The molecule has 0 bridgehead atoms. The predicted octanol–water partition coefficient (Wildman–Crippen LogP) is 2.57. The van der Waals surface area contributed by atoms with Crippen LogP contribution in [0.3, 0.4) is 0 Å². The van der Waals surface area contributed by atoms with Crippen LogP contribution >= 0.6 is 11.8 Å². The van der Waals surface area contributed by atoms with Gasteiger partial charge < -0.3 is 15.0 Å². The summed E-state index contributed by atoms with van der Waals surface area (Å²) >= 11 is 1.34. The van der Waals surface area contributed by atoms with Crippen LogP contribution in [0.25, 0.3) is 0 Å². The molecule has 1 atom stereocenters. The number of aromatic nitrogens is 4. The summed E-state index contributed by atoms with van der Waals surface area (Å²) in [6, 6.07) is 8.09. The Labute approximate surface area is 169 Å². The van der Waals surface area contributed by atoms with E-state index in [1.165, 1.54) is 36.7 Å². The first-order valence-corrected chi connectivity index (χ1v) is 10.9. The van der Waals surface area contributed by atoms with E-state index in [-0.39, 0.29) is 17.8 Å². The summed E-state index contributed by atoms with van der Waals surface area (Å²) in [5, 5.41) is 15.4. The van der Waals surface area contributed by atoms with E-state index in [0.717, 1.165) is 38.2 Å². The lowest BCUT2D eigenvalue weighted by atomic mass is 10.1. The van der Waals surface area contributed by atoms with Gasteiger partial charge in [0.25, 0.3) is 0 Å². The zero-order valence-corrected chi connectivity index (χ0v) is 16.7. The van der Waals surface area contributed by atoms with E-state index in [1.54, 1.807) is 4.68 Å². The van der Waals surface area contributed by atoms with E-state index in [2.05, 4.69) is 37.9 Å². The number of carbonyl (C=O) groups excluding carboxylic acids is 1. The maximum absolute atomic E-state index is 12.3. The predicted molar refractivity (Wildman–Crippen MR) is 109 cm³/mol. The number of ether oxygens (including phenoxy) is 1. The highest BCUT2D eigenvalue weighted by atomic mass is 32.2. The Kier molecular flexibility index (Phi) is 6.43. The number of nitrogens with zero attached hydrogens (tertiary/aromatic N) is 5. The van der Waals surface area contributed by atoms with Crippen LogP contribution in [0.1, 0.15) is 32.1 Å². The van der Waals surface area contributed by atoms with E-state index in [0.29, 0.717) is 11.7 Å². The average Bonchev–Trinajstić information content (AvgIpc) is 3.40. The van der Waals surface area contributed by atoms with Crippen molar-refractivity contribution < 1.29 is 9.53 Å². The number of piperidine rings is 1. The van der Waals surface area contributed by atoms with E-state index >= 15 is 0 Å². The number of benzene rings is 1. The molecule has 3 heterocycles. The minimum absolute atomic E-state index is 0.0672. The van der Waals surface area contributed by atoms with Crippen molar-refractivity contribution in [1.82, 2.24) is 20.2 Å². The zero-order chi connectivity index (χ0) is 19.2. The van der Waals surface area contributed by atoms with E-state index < -0.39 is 0 Å². The summed E-state index contributed by atoms with van der Waals surface area (Å²) in [7, 11) is 0. The second kappa shape index (κ2) is 9.38. The zero-order valence-electron chi connectivity index (χ0n) is 15.9. The van der Waals surface area contributed by atoms with Gasteiger partial charge in [-0.15, -0.1) is 5.10 Å². The lowest BCUT2D eigenvalue weighted by Gasteiger charge is -2.28. The van der Waals surface area contributed by atoms with Crippen molar-refractivity contribution in [3.8, 4) is 0 Å². The second-order valence-electron chi connectivity index (χ2n) is 7.21. The van der Waals surface area contributed by atoms with Gasteiger partial charge >= 0.3 is 0 Å². The Hall–Kier alpha value is -2.13. The number of nitrogens with one attached hydrogen (secondary N) is 1. The third-order valence-electron chi connectivity index (χ3n) is 5.10. The number of hydrogen-bond donors (Lipinski definition) is 1. The van der Waals surface area contributed by atoms with Gasteiger partial charge in [0.2, 0.25) is 11.1 Å². The van der Waals surface area contributed by atoms with Gasteiger partial charge in [-0.2, -0.15) is 0 Å². The van der Waals surface area contributed by atoms with Gasteiger partial charge in [0.1, 0.15) is 0 Å². The minimum atomic E-state index is -0.0672. The monoisotopic (exact) mass is 402 g/mol. The third kappa shape index (κ3) is 5.02. The maximum Gasteiger partial charge on any atom is 0.234 e. The SMILES string of the molecule is O=C(CSc1nnnn1CC1CCCO1)Nc1ccc(N2CCCCC2)cc1. The average molecular weight is 403 g/mol. The van der Waals surface area contributed by atoms with Crippen LogP contribution in [-0.4, -0.2) is 57.7 Å². The number of rotatable bonds is 7. The van der Waals surface area contributed by atoms with Gasteiger partial charge in [0.05, 0.1) is 18.4 Å². The standard InChI is InChI=1S/C19H26N6O2S/c26-18(14-28-19-21-22-23-25(19)13-17-5-4-12-27-17)20-15-6-8-16(9-7-15)24-10-2-1-3-11-24/h6-9,17H,1-5,10-14H2,(H,20,26). The van der Waals surface area contributed by atoms with Gasteiger partial charge in [-0.3, -0.25) is 4.79 Å². The van der Waals surface area contributed by atoms with Gasteiger partial charge in [-0.25, -0.2) is 4.68 Å². The summed E-state index contributed by atoms with van der Waals surface area (Å²) in [5.74, 6) is 0.196. The number of hydrogen-bond acceptors (Lipinski definition) is 7. The second-order valence-corrected chi connectivity index (χ2v) is 8.15. The smallest absolute Gasteiger partial charge is 0.234 e. The van der Waals surface area contributed by atoms with Gasteiger partial charge in [0, 0.05) is 31.1 Å². The molecule has 1 amide bonds. The molecule has 0 aliphatic carbocycles. The molecule has 2 saturated heterocycles. The molecule has 0 radical (unpaired) electrons. The first kappa shape index (κ1) is 19.2. The maximum atomic E-state index is 12.3. The molecule has 1 aromatic heterocycles. The summed E-state index contributed by atoms with van der Waals surface area (Å²) in [5.41, 5.74) is 2.03. The fourth-order valence-corrected chi connectivity index (χ4v) is 4.32. The molecule has 1 aromatic carbocycles. The van der Waals surface area contributed by atoms with Crippen molar-refractivity contribution in [2.75, 3.05) is 35.7 Å². The molecular formula is C19H26N6O2S. The van der Waals surface area contributed by atoms with Crippen molar-refractivity contribution in [2.45, 2.75) is 49.9 Å². The summed E-state index contributed by atoms with van der Waals surface area (Å²) in [6.45, 7) is 3.66. The van der Waals surface area contributed by atoms with Crippen LogP contribution in [-0.2, 0) is 16.1 Å². The number of thioether (sulfide) groups is 1. The molecule has 28 heavy (non-hydrogen) atoms. The third-order valence-corrected chi connectivity index (χ3v) is 6.06. The molecule has 2 aliphatic heterocycles. The Morgan fingerprint density at radius 3 is 2.75 bits per heavy atom. The molecule has 1 N–H and O–H groups in total. The lowest BCUT2D eigenvalue weighted by Crippen LogP contribution is -2.29. The number of anilines is 2. The van der Waals surface area contributed by atoms with Crippen molar-refractivity contribution in [1.29, 1.82) is 0 Å². The number of carbonyl (C=O) groups is 1. The Morgan fingerprint density at radius 2 is 2.00 bits per heavy atom. The first-order valence-electron chi connectivity index (χ1n) is 9.93. The fourth-order valence-electron chi connectivity index (χ4n) is 3.63. The summed E-state index contributed by atoms with van der Waals surface area (Å²) < 4.78 is 7.35. The van der Waals surface area contributed by atoms with Crippen LogP contribution in [0, 0.1) is 0 Å². The van der Waals surface area contributed by atoms with Gasteiger partial charge in [-0.05, 0) is 66.8 Å². The highest BCUT2D eigenvalue weighted by molar-refractivity contribution is 7.99. The molecule has 0 spiro atoms. The van der Waals surface area contributed by atoms with Crippen molar-refractivity contribution in [3.63, 3.8) is 0 Å². The molecule has 2 aromatic rings. The largest absolute Gasteiger partial charge is 0.376 e. The molecule has 150 valence electrons. The van der Waals surface area contributed by atoms with Gasteiger partial charge in [0.15, 0.2) is 0 Å². The van der Waals surface area contributed by atoms with E-state index in [4.69, 9.17) is 4.74 Å². The number of tetrazole rings is 1. The minimum Gasteiger partial charge on any atom is -0.376 e. The van der Waals surface area contributed by atoms with Crippen LogP contribution in [0.5, 0.6) is 0 Å². The topological polar surface area (TPSA) is 85.2 Å². The molecular weight excluding hydrogens is 376 g/mol. The molecule has 4 rings (SSSR count).